The fourth-order valence-electron chi connectivity index (χ4n) is 0.976. The number of isocyanates is 1. The van der Waals surface area contributed by atoms with Crippen molar-refractivity contribution in [2.45, 2.75) is 6.42 Å². The molecular weight excluding hydrogens is 154 g/mol. The summed E-state index contributed by atoms with van der Waals surface area (Å²) >= 11 is 0. The van der Waals surface area contributed by atoms with Crippen molar-refractivity contribution < 1.29 is 9.53 Å². The molecule has 0 amide bonds. The number of ether oxygens (including phenoxy) is 1. The van der Waals surface area contributed by atoms with Gasteiger partial charge in [-0.25, -0.2) is 4.79 Å². The van der Waals surface area contributed by atoms with Crippen LogP contribution in [0.15, 0.2) is 40.8 Å². The van der Waals surface area contributed by atoms with Crippen LogP contribution in [-0.2, 0) is 9.53 Å². The SMILES string of the molecule is C=C1C=C(N=C=O)C(OC)=CC1. The van der Waals surface area contributed by atoms with Crippen LogP contribution in [-0.4, -0.2) is 13.2 Å². The van der Waals surface area contributed by atoms with Crippen LogP contribution in [0.25, 0.3) is 0 Å². The summed E-state index contributed by atoms with van der Waals surface area (Å²) in [6, 6.07) is 0. The molecule has 0 atom stereocenters. The van der Waals surface area contributed by atoms with E-state index >= 15 is 0 Å². The minimum Gasteiger partial charge on any atom is -0.495 e. The predicted octanol–water partition coefficient (Wildman–Crippen LogP) is 1.70. The Morgan fingerprint density at radius 2 is 2.50 bits per heavy atom. The van der Waals surface area contributed by atoms with E-state index in [1.54, 1.807) is 6.08 Å². The maximum atomic E-state index is 10.00. The van der Waals surface area contributed by atoms with E-state index in [9.17, 15) is 4.79 Å². The van der Waals surface area contributed by atoms with Gasteiger partial charge in [-0.3, -0.25) is 0 Å². The van der Waals surface area contributed by atoms with Crippen molar-refractivity contribution in [2.75, 3.05) is 7.11 Å². The normalized spacial score (nSPS) is 15.9. The Hall–Kier alpha value is -1.60. The smallest absolute Gasteiger partial charge is 0.240 e. The molecule has 62 valence electrons. The summed E-state index contributed by atoms with van der Waals surface area (Å²) in [6.07, 6.45) is 5.75. The van der Waals surface area contributed by atoms with Gasteiger partial charge in [0.05, 0.1) is 7.11 Å². The van der Waals surface area contributed by atoms with Gasteiger partial charge in [0.25, 0.3) is 0 Å². The van der Waals surface area contributed by atoms with Crippen LogP contribution in [0.4, 0.5) is 0 Å². The van der Waals surface area contributed by atoms with Gasteiger partial charge < -0.3 is 4.74 Å². The monoisotopic (exact) mass is 163 g/mol. The maximum absolute atomic E-state index is 10.00. The first-order chi connectivity index (χ1) is 5.77. The lowest BCUT2D eigenvalue weighted by molar-refractivity contribution is 0.297. The Labute approximate surface area is 70.8 Å². The van der Waals surface area contributed by atoms with Gasteiger partial charge in [0, 0.05) is 0 Å². The van der Waals surface area contributed by atoms with E-state index in [0.29, 0.717) is 11.5 Å². The summed E-state index contributed by atoms with van der Waals surface area (Å²) in [5, 5.41) is 0. The third-order valence-corrected chi connectivity index (χ3v) is 1.53. The standard InChI is InChI=1S/C9H9NO2/c1-7-3-4-9(12-2)8(5-7)10-6-11/h4-5H,1,3H2,2H3. The molecule has 0 aromatic rings. The van der Waals surface area contributed by atoms with Crippen LogP contribution in [0.1, 0.15) is 6.42 Å². The molecule has 0 fully saturated rings. The lowest BCUT2D eigenvalue weighted by Crippen LogP contribution is -1.96. The molecule has 0 aromatic heterocycles. The molecule has 0 saturated heterocycles. The largest absolute Gasteiger partial charge is 0.495 e. The molecule has 0 spiro atoms. The Balaban J connectivity index is 2.97. The number of methoxy groups -OCH3 is 1. The molecule has 0 aromatic carbocycles. The van der Waals surface area contributed by atoms with Crippen LogP contribution in [0.2, 0.25) is 0 Å². The highest BCUT2D eigenvalue weighted by atomic mass is 16.5. The third kappa shape index (κ3) is 1.71. The second-order valence-corrected chi connectivity index (χ2v) is 2.37. The molecule has 1 aliphatic rings. The topological polar surface area (TPSA) is 38.7 Å². The number of allylic oxidation sites excluding steroid dienone is 3. The van der Waals surface area contributed by atoms with Gasteiger partial charge in [-0.05, 0) is 24.1 Å². The highest BCUT2D eigenvalue weighted by Crippen LogP contribution is 2.22. The number of hydrogen-bond donors (Lipinski definition) is 0. The molecule has 3 heteroatoms. The second-order valence-electron chi connectivity index (χ2n) is 2.37. The van der Waals surface area contributed by atoms with Crippen molar-refractivity contribution >= 4 is 6.08 Å². The van der Waals surface area contributed by atoms with Gasteiger partial charge in [0.15, 0.2) is 0 Å². The molecule has 1 rings (SSSR count). The molecule has 1 aliphatic carbocycles. The minimum atomic E-state index is 0.490. The second kappa shape index (κ2) is 3.69. The molecule has 12 heavy (non-hydrogen) atoms. The average molecular weight is 163 g/mol. The summed E-state index contributed by atoms with van der Waals surface area (Å²) in [4.78, 5) is 13.5. The fourth-order valence-corrected chi connectivity index (χ4v) is 0.976. The lowest BCUT2D eigenvalue weighted by Gasteiger charge is -2.10. The zero-order valence-electron chi connectivity index (χ0n) is 6.83. The molecule has 0 heterocycles. The molecule has 0 aliphatic heterocycles. The zero-order chi connectivity index (χ0) is 8.97. The van der Waals surface area contributed by atoms with Crippen molar-refractivity contribution in [3.05, 3.63) is 35.8 Å². The van der Waals surface area contributed by atoms with Crippen LogP contribution in [0.5, 0.6) is 0 Å². The van der Waals surface area contributed by atoms with E-state index in [2.05, 4.69) is 11.6 Å². The minimum absolute atomic E-state index is 0.490. The van der Waals surface area contributed by atoms with Gasteiger partial charge in [0.2, 0.25) is 6.08 Å². The average Bonchev–Trinajstić information content (AvgIpc) is 2.05. The van der Waals surface area contributed by atoms with Crippen molar-refractivity contribution in [3.63, 3.8) is 0 Å². The van der Waals surface area contributed by atoms with Gasteiger partial charge in [-0.15, -0.1) is 0 Å². The molecule has 0 radical (unpaired) electrons. The zero-order valence-corrected chi connectivity index (χ0v) is 6.83. The van der Waals surface area contributed by atoms with E-state index in [-0.39, 0.29) is 0 Å². The lowest BCUT2D eigenvalue weighted by atomic mass is 10.1. The quantitative estimate of drug-likeness (QED) is 0.459. The maximum Gasteiger partial charge on any atom is 0.240 e. The molecule has 0 unspecified atom stereocenters. The van der Waals surface area contributed by atoms with Crippen molar-refractivity contribution in [3.8, 4) is 0 Å². The van der Waals surface area contributed by atoms with Crippen LogP contribution >= 0.6 is 0 Å². The van der Waals surface area contributed by atoms with E-state index in [0.717, 1.165) is 12.0 Å². The summed E-state index contributed by atoms with van der Waals surface area (Å²) in [5.74, 6) is 0.603. The highest BCUT2D eigenvalue weighted by Gasteiger charge is 2.09. The van der Waals surface area contributed by atoms with E-state index in [1.165, 1.54) is 13.2 Å². The Bertz CT molecular complexity index is 306. The Morgan fingerprint density at radius 1 is 1.75 bits per heavy atom. The first-order valence-corrected chi connectivity index (χ1v) is 3.50. The number of carbonyl (C=O) groups excluding carboxylic acids is 1. The van der Waals surface area contributed by atoms with Crippen molar-refractivity contribution in [1.29, 1.82) is 0 Å². The van der Waals surface area contributed by atoms with E-state index in [1.807, 2.05) is 6.08 Å². The fraction of sp³-hybridized carbons (Fsp3) is 0.222. The van der Waals surface area contributed by atoms with E-state index < -0.39 is 0 Å². The van der Waals surface area contributed by atoms with Gasteiger partial charge in [-0.2, -0.15) is 4.99 Å². The number of hydrogen-bond acceptors (Lipinski definition) is 3. The molecule has 0 N–H and O–H groups in total. The number of rotatable bonds is 2. The summed E-state index contributed by atoms with van der Waals surface area (Å²) in [5.41, 5.74) is 1.40. The molecule has 0 bridgehead atoms. The number of aliphatic imine (C=N–C) groups is 1. The van der Waals surface area contributed by atoms with Gasteiger partial charge >= 0.3 is 0 Å². The molecular formula is C9H9NO2. The van der Waals surface area contributed by atoms with Gasteiger partial charge in [0.1, 0.15) is 11.5 Å². The summed E-state index contributed by atoms with van der Waals surface area (Å²) in [6.45, 7) is 3.75. The van der Waals surface area contributed by atoms with Gasteiger partial charge in [-0.1, -0.05) is 6.58 Å². The first-order valence-electron chi connectivity index (χ1n) is 3.50. The number of nitrogens with zero attached hydrogens (tertiary/aromatic N) is 1. The Kier molecular flexibility index (Phi) is 2.62. The van der Waals surface area contributed by atoms with Crippen molar-refractivity contribution in [2.24, 2.45) is 4.99 Å². The summed E-state index contributed by atoms with van der Waals surface area (Å²) in [7, 11) is 1.54. The Morgan fingerprint density at radius 3 is 3.08 bits per heavy atom. The molecule has 0 saturated carbocycles. The van der Waals surface area contributed by atoms with E-state index in [4.69, 9.17) is 4.74 Å². The van der Waals surface area contributed by atoms with Crippen LogP contribution < -0.4 is 0 Å². The third-order valence-electron chi connectivity index (χ3n) is 1.53. The highest BCUT2D eigenvalue weighted by molar-refractivity contribution is 5.46. The first kappa shape index (κ1) is 8.50. The van der Waals surface area contributed by atoms with Crippen molar-refractivity contribution in [1.82, 2.24) is 0 Å². The predicted molar refractivity (Wildman–Crippen MR) is 45.1 cm³/mol. The van der Waals surface area contributed by atoms with Crippen LogP contribution in [0, 0.1) is 0 Å². The summed E-state index contributed by atoms with van der Waals surface area (Å²) < 4.78 is 4.98. The van der Waals surface area contributed by atoms with Crippen LogP contribution in [0.3, 0.4) is 0 Å². The molecule has 3 nitrogen and oxygen atoms in total.